The summed E-state index contributed by atoms with van der Waals surface area (Å²) in [6, 6.07) is 0.962. The van der Waals surface area contributed by atoms with Crippen molar-refractivity contribution in [1.29, 1.82) is 0 Å². The second-order valence-electron chi connectivity index (χ2n) is 6.74. The van der Waals surface area contributed by atoms with E-state index in [4.69, 9.17) is 40.5 Å². The van der Waals surface area contributed by atoms with E-state index >= 15 is 0 Å². The van der Waals surface area contributed by atoms with E-state index < -0.39 is 83.4 Å². The number of phosphoric ester groups is 1. The van der Waals surface area contributed by atoms with Gasteiger partial charge in [0.25, 0.3) is 5.56 Å². The smallest absolute Gasteiger partial charge is 0.394 e. The van der Waals surface area contributed by atoms with Gasteiger partial charge < -0.3 is 50.7 Å². The van der Waals surface area contributed by atoms with Crippen LogP contribution in [0.25, 0.3) is 0 Å². The quantitative estimate of drug-likeness (QED) is 0.135. The van der Waals surface area contributed by atoms with Crippen molar-refractivity contribution in [2.45, 2.75) is 30.1 Å². The zero-order valence-electron chi connectivity index (χ0n) is 16.6. The number of rotatable bonds is 9. The molecule has 1 unspecified atom stereocenters. The van der Waals surface area contributed by atoms with Gasteiger partial charge in [0.15, 0.2) is 6.23 Å². The second kappa shape index (κ2) is 11.9. The fourth-order valence-electron chi connectivity index (χ4n) is 2.20. The zero-order chi connectivity index (χ0) is 25.6. The number of aliphatic hydroxyl groups is 5. The standard InChI is InChI=1S/C9H14N2O12P2.C4H11NO3/c12-5-1-2-11(9(15)10-5)8-7(14)6(13)4(22-8)3-21-25(19,20)23-24(16,17)18;5-4(1-6,2-7)3-8/h1-2,4,6-8,13-14H,3H2,(H,19,20)(H,10,12,15)(H2,16,17,18);6-8H,1-3,5H2/t4-,6-,7-,8-;/m1./s1. The number of aromatic nitrogens is 2. The summed E-state index contributed by atoms with van der Waals surface area (Å²) in [5, 5.41) is 44.8. The first-order valence-electron chi connectivity index (χ1n) is 8.77. The highest BCUT2D eigenvalue weighted by molar-refractivity contribution is 7.60. The summed E-state index contributed by atoms with van der Waals surface area (Å²) in [7, 11) is -10.5. The molecule has 2 rings (SSSR count). The Kier molecular flexibility index (Phi) is 10.7. The van der Waals surface area contributed by atoms with E-state index in [0.29, 0.717) is 0 Å². The monoisotopic (exact) mass is 525 g/mol. The summed E-state index contributed by atoms with van der Waals surface area (Å²) < 4.78 is 35.6. The van der Waals surface area contributed by atoms with Gasteiger partial charge in [0.1, 0.15) is 18.3 Å². The Morgan fingerprint density at radius 1 is 1.09 bits per heavy atom. The molecule has 11 N–H and O–H groups in total. The van der Waals surface area contributed by atoms with Gasteiger partial charge in [-0.05, 0) is 0 Å². The number of aromatic amines is 1. The number of nitrogens with one attached hydrogen (secondary N) is 1. The number of ether oxygens (including phenoxy) is 1. The minimum atomic E-state index is -5.32. The number of aliphatic hydroxyl groups excluding tert-OH is 5. The van der Waals surface area contributed by atoms with Crippen molar-refractivity contribution in [3.05, 3.63) is 33.1 Å². The summed E-state index contributed by atoms with van der Waals surface area (Å²) >= 11 is 0. The fourth-order valence-corrected chi connectivity index (χ4v) is 3.80. The Hall–Kier alpha value is -1.34. The lowest BCUT2D eigenvalue weighted by molar-refractivity contribution is -0.0542. The molecule has 20 heteroatoms. The first-order chi connectivity index (χ1) is 15.1. The molecule has 192 valence electrons. The molecule has 0 radical (unpaired) electrons. The normalized spacial score (nSPS) is 25.2. The fraction of sp³-hybridized carbons (Fsp3) is 0.692. The number of hydrogen-bond acceptors (Lipinski definition) is 13. The van der Waals surface area contributed by atoms with Crippen LogP contribution in [0.15, 0.2) is 21.9 Å². The number of hydrogen-bond donors (Lipinski definition) is 10. The van der Waals surface area contributed by atoms with Crippen LogP contribution >= 0.6 is 15.6 Å². The zero-order valence-corrected chi connectivity index (χ0v) is 18.4. The Morgan fingerprint density at radius 3 is 2.06 bits per heavy atom. The Bertz CT molecular complexity index is 964. The Labute approximate surface area is 184 Å². The Balaban J connectivity index is 0.000000582. The lowest BCUT2D eigenvalue weighted by Gasteiger charge is -2.20. The molecule has 18 nitrogen and oxygen atoms in total. The number of nitrogens with zero attached hydrogens (tertiary/aromatic N) is 1. The van der Waals surface area contributed by atoms with Gasteiger partial charge in [0.05, 0.1) is 32.0 Å². The summed E-state index contributed by atoms with van der Waals surface area (Å²) in [6.07, 6.45) is -5.25. The molecule has 5 atom stereocenters. The molecular weight excluding hydrogens is 500 g/mol. The molecule has 0 spiro atoms. The van der Waals surface area contributed by atoms with Crippen molar-refractivity contribution in [3.8, 4) is 0 Å². The van der Waals surface area contributed by atoms with E-state index in [-0.39, 0.29) is 0 Å². The maximum atomic E-state index is 11.7. The predicted molar refractivity (Wildman–Crippen MR) is 104 cm³/mol. The number of H-pyrrole nitrogens is 1. The maximum Gasteiger partial charge on any atom is 0.481 e. The predicted octanol–water partition coefficient (Wildman–Crippen LogP) is -4.96. The van der Waals surface area contributed by atoms with E-state index in [2.05, 4.69) is 8.83 Å². The lowest BCUT2D eigenvalue weighted by Crippen LogP contribution is -2.50. The van der Waals surface area contributed by atoms with Gasteiger partial charge in [-0.25, -0.2) is 13.9 Å². The van der Waals surface area contributed by atoms with Crippen LogP contribution in [0.2, 0.25) is 0 Å². The van der Waals surface area contributed by atoms with E-state index in [9.17, 15) is 28.9 Å². The van der Waals surface area contributed by atoms with Crippen molar-refractivity contribution in [2.75, 3.05) is 26.4 Å². The van der Waals surface area contributed by atoms with Gasteiger partial charge in [0.2, 0.25) is 0 Å². The molecule has 1 aromatic rings. The van der Waals surface area contributed by atoms with E-state index in [1.54, 1.807) is 0 Å². The molecule has 0 aromatic carbocycles. The van der Waals surface area contributed by atoms with Gasteiger partial charge in [0, 0.05) is 12.3 Å². The highest BCUT2D eigenvalue weighted by Crippen LogP contribution is 2.57. The molecule has 0 aliphatic carbocycles. The Morgan fingerprint density at radius 2 is 1.64 bits per heavy atom. The van der Waals surface area contributed by atoms with Crippen LogP contribution in [0, 0.1) is 0 Å². The average molecular weight is 525 g/mol. The minimum Gasteiger partial charge on any atom is -0.394 e. The molecule has 33 heavy (non-hydrogen) atoms. The van der Waals surface area contributed by atoms with Crippen LogP contribution in [-0.2, 0) is 22.7 Å². The van der Waals surface area contributed by atoms with E-state index in [1.807, 2.05) is 4.98 Å². The second-order valence-corrected chi connectivity index (χ2v) is 9.57. The van der Waals surface area contributed by atoms with Gasteiger partial charge in [-0.15, -0.1) is 0 Å². The van der Waals surface area contributed by atoms with Crippen LogP contribution in [0.1, 0.15) is 6.23 Å². The average Bonchev–Trinajstić information content (AvgIpc) is 2.99. The van der Waals surface area contributed by atoms with Crippen molar-refractivity contribution < 1.29 is 62.9 Å². The maximum absolute atomic E-state index is 11.7. The van der Waals surface area contributed by atoms with Crippen LogP contribution in [-0.4, -0.2) is 100 Å². The first-order valence-corrected chi connectivity index (χ1v) is 11.8. The molecule has 1 aromatic heterocycles. The summed E-state index contributed by atoms with van der Waals surface area (Å²) in [5.41, 5.74) is 2.29. The van der Waals surface area contributed by atoms with Crippen LogP contribution < -0.4 is 17.0 Å². The highest BCUT2D eigenvalue weighted by Gasteiger charge is 2.45. The van der Waals surface area contributed by atoms with Crippen LogP contribution in [0.4, 0.5) is 0 Å². The van der Waals surface area contributed by atoms with Crippen molar-refractivity contribution in [2.24, 2.45) is 5.73 Å². The van der Waals surface area contributed by atoms with Gasteiger partial charge in [-0.1, -0.05) is 0 Å². The van der Waals surface area contributed by atoms with Crippen LogP contribution in [0.5, 0.6) is 0 Å². The van der Waals surface area contributed by atoms with Crippen molar-refractivity contribution in [3.63, 3.8) is 0 Å². The van der Waals surface area contributed by atoms with E-state index in [0.717, 1.165) is 16.8 Å². The lowest BCUT2D eigenvalue weighted by atomic mass is 10.1. The number of nitrogens with two attached hydrogens (primary N) is 1. The number of phosphoric acid groups is 2. The van der Waals surface area contributed by atoms with Gasteiger partial charge >= 0.3 is 21.3 Å². The topological polar surface area (TPSA) is 305 Å². The van der Waals surface area contributed by atoms with Gasteiger partial charge in [-0.2, -0.15) is 4.31 Å². The highest BCUT2D eigenvalue weighted by atomic mass is 31.3. The minimum absolute atomic E-state index is 0.403. The summed E-state index contributed by atoms with van der Waals surface area (Å²) in [6.45, 7) is -2.11. The molecular formula is C13H25N3O15P2. The third-order valence-electron chi connectivity index (χ3n) is 4.02. The summed E-state index contributed by atoms with van der Waals surface area (Å²) in [5.74, 6) is 0. The molecule has 1 fully saturated rings. The van der Waals surface area contributed by atoms with Crippen molar-refractivity contribution >= 4 is 15.6 Å². The third kappa shape index (κ3) is 9.08. The van der Waals surface area contributed by atoms with Crippen LogP contribution in [0.3, 0.4) is 0 Å². The molecule has 0 amide bonds. The molecule has 0 bridgehead atoms. The SMILES string of the molecule is NC(CO)(CO)CO.O=c1ccn([C@@H]2O[C@H](COP(=O)(O)OP(=O)(O)O)[C@@H](O)[C@H]2O)c(=O)[nH]1. The molecule has 0 saturated carbocycles. The van der Waals surface area contributed by atoms with Gasteiger partial charge in [-0.3, -0.25) is 18.9 Å². The molecule has 1 aliphatic rings. The largest absolute Gasteiger partial charge is 0.481 e. The van der Waals surface area contributed by atoms with Crippen molar-refractivity contribution in [1.82, 2.24) is 9.55 Å². The third-order valence-corrected chi connectivity index (χ3v) is 6.17. The summed E-state index contributed by atoms with van der Waals surface area (Å²) in [4.78, 5) is 50.7. The molecule has 2 heterocycles. The first kappa shape index (κ1) is 29.7. The van der Waals surface area contributed by atoms with E-state index in [1.165, 1.54) is 0 Å². The molecule has 1 saturated heterocycles. The molecule has 1 aliphatic heterocycles.